The fourth-order valence-corrected chi connectivity index (χ4v) is 0.899. The number of aliphatic hydroxyl groups excluding tert-OH is 1. The van der Waals surface area contributed by atoms with Crippen LogP contribution in [0.3, 0.4) is 0 Å². The van der Waals surface area contributed by atoms with Crippen LogP contribution in [0.5, 0.6) is 0 Å². The van der Waals surface area contributed by atoms with Gasteiger partial charge in [0, 0.05) is 0 Å². The molecule has 1 aliphatic rings. The summed E-state index contributed by atoms with van der Waals surface area (Å²) >= 11 is 0. The summed E-state index contributed by atoms with van der Waals surface area (Å²) in [7, 11) is 0. The van der Waals surface area contributed by atoms with E-state index in [1.165, 1.54) is 0 Å². The molecule has 3 N–H and O–H groups in total. The predicted octanol–water partition coefficient (Wildman–Crippen LogP) is -1.30. The molecule has 1 amide bonds. The summed E-state index contributed by atoms with van der Waals surface area (Å²) in [6.07, 6.45) is -1.06. The monoisotopic (exact) mass is 147 g/mol. The second kappa shape index (κ2) is 2.10. The van der Waals surface area contributed by atoms with Gasteiger partial charge in [-0.3, -0.25) is 0 Å². The van der Waals surface area contributed by atoms with Crippen LogP contribution in [0.15, 0.2) is 0 Å². The Labute approximate surface area is 57.5 Å². The molecule has 0 aliphatic carbocycles. The summed E-state index contributed by atoms with van der Waals surface area (Å²) in [5.41, 5.74) is -1.18. The molecule has 10 heavy (non-hydrogen) atoms. The molecule has 1 aliphatic heterocycles. The number of rotatable bonds is 1. The van der Waals surface area contributed by atoms with Crippen molar-refractivity contribution in [2.24, 2.45) is 0 Å². The van der Waals surface area contributed by atoms with E-state index in [9.17, 15) is 4.79 Å². The predicted molar refractivity (Wildman–Crippen MR) is 31.6 cm³/mol. The van der Waals surface area contributed by atoms with Gasteiger partial charge in [-0.05, 0) is 0 Å². The highest BCUT2D eigenvalue weighted by Gasteiger charge is 2.43. The zero-order valence-electron chi connectivity index (χ0n) is 5.32. The molecule has 5 heteroatoms. The first-order valence-electron chi connectivity index (χ1n) is 2.88. The molecule has 0 aromatic carbocycles. The van der Waals surface area contributed by atoms with Crippen LogP contribution in [0.25, 0.3) is 0 Å². The van der Waals surface area contributed by atoms with Crippen LogP contribution in [-0.4, -0.2) is 51.6 Å². The second-order valence-electron chi connectivity index (χ2n) is 2.52. The lowest BCUT2D eigenvalue weighted by Crippen LogP contribution is -2.65. The Kier molecular flexibility index (Phi) is 1.53. The quantitative estimate of drug-likeness (QED) is 0.430. The van der Waals surface area contributed by atoms with Gasteiger partial charge in [-0.15, -0.1) is 0 Å². The van der Waals surface area contributed by atoms with Gasteiger partial charge in [0.2, 0.25) is 0 Å². The highest BCUT2D eigenvalue weighted by atomic mass is 16.4. The molecule has 0 aromatic heterocycles. The van der Waals surface area contributed by atoms with Gasteiger partial charge in [-0.2, -0.15) is 0 Å². The maximum absolute atomic E-state index is 10.1. The largest absolute Gasteiger partial charge is 0.465 e. The van der Waals surface area contributed by atoms with Crippen LogP contribution in [0.4, 0.5) is 4.79 Å². The lowest BCUT2D eigenvalue weighted by molar-refractivity contribution is -0.113. The number of carboxylic acid groups (broad SMARTS) is 1. The molecule has 1 rings (SSSR count). The number of hydrogen-bond donors (Lipinski definition) is 3. The van der Waals surface area contributed by atoms with Crippen molar-refractivity contribution >= 4 is 6.09 Å². The van der Waals surface area contributed by atoms with E-state index in [-0.39, 0.29) is 19.7 Å². The molecule has 58 valence electrons. The average Bonchev–Trinajstić information content (AvgIpc) is 1.80. The van der Waals surface area contributed by atoms with Crippen LogP contribution in [0.2, 0.25) is 0 Å². The maximum atomic E-state index is 10.1. The zero-order valence-corrected chi connectivity index (χ0v) is 5.32. The van der Waals surface area contributed by atoms with E-state index in [0.29, 0.717) is 0 Å². The standard InChI is InChI=1S/C5H9NO4/c7-3-5(10)1-6(2-5)4(8)9/h7,10H,1-3H2,(H,8,9). The number of amides is 1. The van der Waals surface area contributed by atoms with Crippen molar-refractivity contribution in [1.82, 2.24) is 4.90 Å². The molecule has 1 heterocycles. The van der Waals surface area contributed by atoms with Gasteiger partial charge in [0.25, 0.3) is 0 Å². The van der Waals surface area contributed by atoms with Crippen molar-refractivity contribution in [2.45, 2.75) is 5.60 Å². The number of carbonyl (C=O) groups is 1. The summed E-state index contributed by atoms with van der Waals surface area (Å²) in [5, 5.41) is 25.9. The summed E-state index contributed by atoms with van der Waals surface area (Å²) in [5.74, 6) is 0. The first-order chi connectivity index (χ1) is 4.57. The highest BCUT2D eigenvalue weighted by molar-refractivity contribution is 5.66. The van der Waals surface area contributed by atoms with Crippen molar-refractivity contribution in [3.05, 3.63) is 0 Å². The van der Waals surface area contributed by atoms with Gasteiger partial charge in [-0.1, -0.05) is 0 Å². The van der Waals surface area contributed by atoms with Crippen molar-refractivity contribution in [2.75, 3.05) is 19.7 Å². The number of aliphatic hydroxyl groups is 2. The van der Waals surface area contributed by atoms with Crippen LogP contribution in [-0.2, 0) is 0 Å². The van der Waals surface area contributed by atoms with Crippen molar-refractivity contribution in [3.8, 4) is 0 Å². The molecular formula is C5H9NO4. The van der Waals surface area contributed by atoms with E-state index in [0.717, 1.165) is 4.90 Å². The van der Waals surface area contributed by atoms with Crippen LogP contribution < -0.4 is 0 Å². The molecule has 5 nitrogen and oxygen atoms in total. The summed E-state index contributed by atoms with van der Waals surface area (Å²) < 4.78 is 0. The molecule has 0 aromatic rings. The number of likely N-dealkylation sites (tertiary alicyclic amines) is 1. The molecule has 0 saturated carbocycles. The van der Waals surface area contributed by atoms with E-state index < -0.39 is 11.7 Å². The number of β-amino-alcohol motifs (C(OH)–C–C–N with tert-alkyl or cyclic N) is 1. The molecule has 0 atom stereocenters. The third kappa shape index (κ3) is 1.05. The van der Waals surface area contributed by atoms with Gasteiger partial charge in [0.1, 0.15) is 5.60 Å². The fourth-order valence-electron chi connectivity index (χ4n) is 0.899. The SMILES string of the molecule is O=C(O)N1CC(O)(CO)C1. The van der Waals surface area contributed by atoms with Crippen LogP contribution in [0.1, 0.15) is 0 Å². The smallest absolute Gasteiger partial charge is 0.407 e. The number of hydrogen-bond acceptors (Lipinski definition) is 3. The lowest BCUT2D eigenvalue weighted by atomic mass is 9.96. The first-order valence-corrected chi connectivity index (χ1v) is 2.88. The van der Waals surface area contributed by atoms with Crippen molar-refractivity contribution in [1.29, 1.82) is 0 Å². The molecule has 0 spiro atoms. The normalized spacial score (nSPS) is 22.0. The Morgan fingerprint density at radius 3 is 2.40 bits per heavy atom. The maximum Gasteiger partial charge on any atom is 0.407 e. The molecule has 0 bridgehead atoms. The van der Waals surface area contributed by atoms with Crippen molar-refractivity contribution < 1.29 is 20.1 Å². The molecule has 1 fully saturated rings. The molecular weight excluding hydrogens is 138 g/mol. The Balaban J connectivity index is 2.36. The summed E-state index contributed by atoms with van der Waals surface area (Å²) in [6, 6.07) is 0. The van der Waals surface area contributed by atoms with Crippen LogP contribution in [0, 0.1) is 0 Å². The van der Waals surface area contributed by atoms with Gasteiger partial charge < -0.3 is 20.2 Å². The van der Waals surface area contributed by atoms with Crippen LogP contribution >= 0.6 is 0 Å². The minimum absolute atomic E-state index is 0.0127. The zero-order chi connectivity index (χ0) is 7.78. The lowest BCUT2D eigenvalue weighted by Gasteiger charge is -2.43. The van der Waals surface area contributed by atoms with E-state index in [2.05, 4.69) is 0 Å². The highest BCUT2D eigenvalue weighted by Crippen LogP contribution is 2.19. The topological polar surface area (TPSA) is 81.0 Å². The van der Waals surface area contributed by atoms with Gasteiger partial charge in [0.05, 0.1) is 19.7 Å². The molecule has 0 radical (unpaired) electrons. The first kappa shape index (κ1) is 7.30. The molecule has 1 saturated heterocycles. The minimum Gasteiger partial charge on any atom is -0.465 e. The molecule has 0 unspecified atom stereocenters. The van der Waals surface area contributed by atoms with Gasteiger partial charge in [0.15, 0.2) is 0 Å². The van der Waals surface area contributed by atoms with Crippen molar-refractivity contribution in [3.63, 3.8) is 0 Å². The second-order valence-corrected chi connectivity index (χ2v) is 2.52. The van der Waals surface area contributed by atoms with E-state index in [1.54, 1.807) is 0 Å². The Hall–Kier alpha value is -0.810. The third-order valence-electron chi connectivity index (χ3n) is 1.54. The Morgan fingerprint density at radius 2 is 2.10 bits per heavy atom. The fraction of sp³-hybridized carbons (Fsp3) is 0.800. The Morgan fingerprint density at radius 1 is 1.60 bits per heavy atom. The number of nitrogens with zero attached hydrogens (tertiary/aromatic N) is 1. The van der Waals surface area contributed by atoms with Gasteiger partial charge in [-0.25, -0.2) is 4.79 Å². The average molecular weight is 147 g/mol. The third-order valence-corrected chi connectivity index (χ3v) is 1.54. The summed E-state index contributed by atoms with van der Waals surface area (Å²) in [4.78, 5) is 11.2. The van der Waals surface area contributed by atoms with E-state index in [4.69, 9.17) is 15.3 Å². The Bertz CT molecular complexity index is 152. The minimum atomic E-state index is -1.18. The van der Waals surface area contributed by atoms with E-state index >= 15 is 0 Å². The van der Waals surface area contributed by atoms with E-state index in [1.807, 2.05) is 0 Å². The summed E-state index contributed by atoms with van der Waals surface area (Å²) in [6.45, 7) is -0.353. The van der Waals surface area contributed by atoms with Gasteiger partial charge >= 0.3 is 6.09 Å².